The van der Waals surface area contributed by atoms with E-state index in [9.17, 15) is 9.90 Å². The molecule has 0 atom stereocenters. The molecule has 1 aliphatic rings. The highest BCUT2D eigenvalue weighted by atomic mass is 32.2. The molecule has 1 heterocycles. The van der Waals surface area contributed by atoms with Gasteiger partial charge in [0.25, 0.3) is 0 Å². The van der Waals surface area contributed by atoms with E-state index in [0.717, 1.165) is 31.7 Å². The quantitative estimate of drug-likeness (QED) is 0.433. The third-order valence-corrected chi connectivity index (χ3v) is 8.16. The van der Waals surface area contributed by atoms with E-state index in [-0.39, 0.29) is 29.5 Å². The van der Waals surface area contributed by atoms with Crippen LogP contribution in [0.5, 0.6) is 28.7 Å². The van der Waals surface area contributed by atoms with Gasteiger partial charge in [0.05, 0.1) is 46.4 Å². The molecule has 1 aliphatic heterocycles. The summed E-state index contributed by atoms with van der Waals surface area (Å²) in [6.07, 6.45) is 0. The van der Waals surface area contributed by atoms with Gasteiger partial charge in [0.2, 0.25) is 11.7 Å². The molecule has 2 aromatic carbocycles. The summed E-state index contributed by atoms with van der Waals surface area (Å²) < 4.78 is 22.4. The number of benzene rings is 2. The van der Waals surface area contributed by atoms with Crippen LogP contribution in [-0.4, -0.2) is 91.0 Å². The number of anilines is 1. The molecule has 2 aromatic rings. The summed E-state index contributed by atoms with van der Waals surface area (Å²) in [6, 6.07) is 8.53. The van der Waals surface area contributed by atoms with Crippen LogP contribution in [0.1, 0.15) is 26.3 Å². The number of phenols is 1. The number of phenolic OH excluding ortho intramolecular Hbond substituents is 1. The van der Waals surface area contributed by atoms with Crippen molar-refractivity contribution in [2.75, 3.05) is 65.3 Å². The number of methoxy groups -OCH3 is 4. The smallest absolute Gasteiger partial charge is 0.237 e. The average Bonchev–Trinajstić information content (AvgIpc) is 2.93. The highest BCUT2D eigenvalue weighted by Gasteiger charge is 2.28. The molecule has 0 spiro atoms. The van der Waals surface area contributed by atoms with Crippen molar-refractivity contribution < 1.29 is 28.8 Å². The Morgan fingerprint density at radius 1 is 0.949 bits per heavy atom. The molecule has 1 N–H and O–H groups in total. The van der Waals surface area contributed by atoms with E-state index < -0.39 is 0 Å². The van der Waals surface area contributed by atoms with Crippen molar-refractivity contribution in [3.05, 3.63) is 35.9 Å². The van der Waals surface area contributed by atoms with Gasteiger partial charge in [-0.3, -0.25) is 9.69 Å². The Labute approximate surface area is 240 Å². The van der Waals surface area contributed by atoms with Crippen molar-refractivity contribution in [1.29, 1.82) is 0 Å². The number of amides is 1. The van der Waals surface area contributed by atoms with Crippen LogP contribution >= 0.6 is 24.0 Å². The molecule has 0 aliphatic carbocycles. The van der Waals surface area contributed by atoms with Gasteiger partial charge >= 0.3 is 0 Å². The van der Waals surface area contributed by atoms with Gasteiger partial charge in [-0.2, -0.15) is 0 Å². The topological polar surface area (TPSA) is 83.9 Å². The lowest BCUT2D eigenvalue weighted by Crippen LogP contribution is -2.54. The van der Waals surface area contributed by atoms with Crippen molar-refractivity contribution in [3.63, 3.8) is 0 Å². The first kappa shape index (κ1) is 30.6. The largest absolute Gasteiger partial charge is 0.504 e. The van der Waals surface area contributed by atoms with Crippen LogP contribution in [0.2, 0.25) is 0 Å². The second kappa shape index (κ2) is 13.5. The lowest BCUT2D eigenvalue weighted by molar-refractivity contribution is -0.116. The third kappa shape index (κ3) is 7.61. The summed E-state index contributed by atoms with van der Waals surface area (Å²) in [5.41, 5.74) is 1.41. The number of piperazine rings is 1. The number of aromatic hydroxyl groups is 1. The molecule has 0 saturated carbocycles. The minimum atomic E-state index is -0.153. The zero-order valence-electron chi connectivity index (χ0n) is 23.8. The SMILES string of the molecule is COc1ccc(CN(C(=O)CSC(=S)N2CCN(C(C)(C)C)CC2)c2cc(OC)c(OC)c(OC)c2)cc1O. The van der Waals surface area contributed by atoms with Crippen LogP contribution in [0, 0.1) is 0 Å². The molecular weight excluding hydrogens is 538 g/mol. The van der Waals surface area contributed by atoms with Gasteiger partial charge in [-0.25, -0.2) is 0 Å². The fraction of sp³-hybridized carbons (Fsp3) is 0.500. The van der Waals surface area contributed by atoms with Crippen molar-refractivity contribution in [2.24, 2.45) is 0 Å². The second-order valence-corrected chi connectivity index (χ2v) is 11.7. The molecule has 9 nitrogen and oxygen atoms in total. The first-order valence-corrected chi connectivity index (χ1v) is 14.0. The number of hydrogen-bond donors (Lipinski definition) is 1. The van der Waals surface area contributed by atoms with E-state index in [2.05, 4.69) is 30.6 Å². The Balaban J connectivity index is 1.82. The second-order valence-electron chi connectivity index (χ2n) is 10.1. The zero-order valence-corrected chi connectivity index (χ0v) is 25.4. The number of hydrogen-bond acceptors (Lipinski definition) is 9. The molecule has 11 heteroatoms. The van der Waals surface area contributed by atoms with Crippen molar-refractivity contribution >= 4 is 39.9 Å². The van der Waals surface area contributed by atoms with Crippen LogP contribution in [0.3, 0.4) is 0 Å². The summed E-state index contributed by atoms with van der Waals surface area (Å²) in [5, 5.41) is 10.3. The Morgan fingerprint density at radius 3 is 2.03 bits per heavy atom. The van der Waals surface area contributed by atoms with E-state index >= 15 is 0 Å². The van der Waals surface area contributed by atoms with Crippen LogP contribution in [0.15, 0.2) is 30.3 Å². The molecule has 214 valence electrons. The van der Waals surface area contributed by atoms with Gasteiger partial charge in [0.15, 0.2) is 23.0 Å². The third-order valence-electron chi connectivity index (χ3n) is 6.65. The molecule has 3 rings (SSSR count). The first-order valence-electron chi connectivity index (χ1n) is 12.6. The number of nitrogens with zero attached hydrogens (tertiary/aromatic N) is 3. The van der Waals surface area contributed by atoms with Gasteiger partial charge in [-0.1, -0.05) is 30.0 Å². The van der Waals surface area contributed by atoms with E-state index in [1.54, 1.807) is 29.2 Å². The predicted molar refractivity (Wildman–Crippen MR) is 160 cm³/mol. The number of carbonyl (C=O) groups is 1. The van der Waals surface area contributed by atoms with Crippen molar-refractivity contribution in [2.45, 2.75) is 32.9 Å². The van der Waals surface area contributed by atoms with Gasteiger partial charge in [0, 0.05) is 43.9 Å². The van der Waals surface area contributed by atoms with Crippen molar-refractivity contribution in [3.8, 4) is 28.7 Å². The lowest BCUT2D eigenvalue weighted by atomic mass is 10.1. The molecule has 0 radical (unpaired) electrons. The van der Waals surface area contributed by atoms with Crippen LogP contribution < -0.4 is 23.8 Å². The summed E-state index contributed by atoms with van der Waals surface area (Å²) in [4.78, 5) is 19.9. The average molecular weight is 578 g/mol. The summed E-state index contributed by atoms with van der Waals surface area (Å²) in [5.74, 6) is 1.65. The van der Waals surface area contributed by atoms with Gasteiger partial charge in [0.1, 0.15) is 4.32 Å². The number of carbonyl (C=O) groups excluding carboxylic acids is 1. The molecular formula is C28H39N3O6S2. The van der Waals surface area contributed by atoms with Crippen LogP contribution in [0.25, 0.3) is 0 Å². The lowest BCUT2D eigenvalue weighted by Gasteiger charge is -2.42. The summed E-state index contributed by atoms with van der Waals surface area (Å²) in [6.45, 7) is 10.4. The number of ether oxygens (including phenoxy) is 4. The summed E-state index contributed by atoms with van der Waals surface area (Å²) in [7, 11) is 6.08. The molecule has 1 amide bonds. The normalized spacial score (nSPS) is 14.1. The maximum atomic E-state index is 13.7. The molecule has 39 heavy (non-hydrogen) atoms. The number of thioether (sulfide) groups is 1. The highest BCUT2D eigenvalue weighted by Crippen LogP contribution is 2.41. The van der Waals surface area contributed by atoms with Crippen LogP contribution in [-0.2, 0) is 11.3 Å². The Morgan fingerprint density at radius 2 is 1.54 bits per heavy atom. The minimum Gasteiger partial charge on any atom is -0.504 e. The predicted octanol–water partition coefficient (Wildman–Crippen LogP) is 4.39. The standard InChI is InChI=1S/C28H39N3O6S2/c1-28(2,3)30-12-10-29(11-13-30)27(38)39-18-25(33)31(17-19-8-9-22(34-4)21(32)14-19)20-15-23(35-5)26(37-7)24(16-20)36-6/h8-9,14-16,32H,10-13,17-18H2,1-7H3. The Hall–Kier alpha value is -2.89. The molecule has 1 saturated heterocycles. The number of thiocarbonyl (C=S) groups is 1. The van der Waals surface area contributed by atoms with E-state index in [1.165, 1.54) is 40.2 Å². The van der Waals surface area contributed by atoms with E-state index in [0.29, 0.717) is 33.0 Å². The van der Waals surface area contributed by atoms with Crippen molar-refractivity contribution in [1.82, 2.24) is 9.80 Å². The maximum Gasteiger partial charge on any atom is 0.237 e. The monoisotopic (exact) mass is 577 g/mol. The van der Waals surface area contributed by atoms with Crippen LogP contribution in [0.4, 0.5) is 5.69 Å². The highest BCUT2D eigenvalue weighted by molar-refractivity contribution is 8.23. The van der Waals surface area contributed by atoms with Gasteiger partial charge in [-0.15, -0.1) is 0 Å². The van der Waals surface area contributed by atoms with E-state index in [4.69, 9.17) is 31.2 Å². The first-order chi connectivity index (χ1) is 18.5. The number of rotatable bonds is 9. The fourth-order valence-corrected chi connectivity index (χ4v) is 5.54. The van der Waals surface area contributed by atoms with Gasteiger partial charge in [-0.05, 0) is 38.5 Å². The Kier molecular flexibility index (Phi) is 10.6. The Bertz CT molecular complexity index is 1140. The summed E-state index contributed by atoms with van der Waals surface area (Å²) >= 11 is 7.07. The minimum absolute atomic E-state index is 0.00255. The van der Waals surface area contributed by atoms with E-state index in [1.807, 2.05) is 6.07 Å². The molecule has 0 unspecified atom stereocenters. The molecule has 1 fully saturated rings. The zero-order chi connectivity index (χ0) is 28.7. The maximum absolute atomic E-state index is 13.7. The molecule has 0 aromatic heterocycles. The molecule has 0 bridgehead atoms. The van der Waals surface area contributed by atoms with Gasteiger partial charge < -0.3 is 33.9 Å². The fourth-order valence-electron chi connectivity index (χ4n) is 4.42.